The van der Waals surface area contributed by atoms with Gasteiger partial charge in [0.1, 0.15) is 0 Å². The van der Waals surface area contributed by atoms with Gasteiger partial charge in [-0.05, 0) is 23.0 Å². The first-order chi connectivity index (χ1) is 8.76. The van der Waals surface area contributed by atoms with E-state index in [2.05, 4.69) is 38.0 Å². The molecule has 1 aliphatic carbocycles. The highest BCUT2D eigenvalue weighted by atomic mass is 35.5. The minimum atomic E-state index is 0.0929. The van der Waals surface area contributed by atoms with Gasteiger partial charge in [0.25, 0.3) is 0 Å². The molecule has 1 N–H and O–H groups in total. The topological polar surface area (TPSA) is 42.0 Å². The van der Waals surface area contributed by atoms with Crippen molar-refractivity contribution < 1.29 is 4.79 Å². The van der Waals surface area contributed by atoms with Gasteiger partial charge in [-0.15, -0.1) is 0 Å². The molecule has 1 aliphatic rings. The number of hydrogen-bond donors (Lipinski definition) is 1. The molecule has 19 heavy (non-hydrogen) atoms. The summed E-state index contributed by atoms with van der Waals surface area (Å²) in [7, 11) is 0. The first-order valence-electron chi connectivity index (χ1n) is 6.65. The standard InChI is InChI=1S/C15H21ClN2O/c1-14(2)12(15(14,3)4)13(19)17-8-7-11-6-5-10(16)9-18-11/h5-6,9,12H,7-8H2,1-4H3,(H,17,19). The monoisotopic (exact) mass is 280 g/mol. The van der Waals surface area contributed by atoms with Crippen LogP contribution < -0.4 is 5.32 Å². The fourth-order valence-electron chi connectivity index (χ4n) is 2.82. The third-order valence-corrected chi connectivity index (χ3v) is 4.98. The Morgan fingerprint density at radius 1 is 1.32 bits per heavy atom. The fourth-order valence-corrected chi connectivity index (χ4v) is 2.93. The predicted octanol–water partition coefficient (Wildman–Crippen LogP) is 3.08. The fraction of sp³-hybridized carbons (Fsp3) is 0.600. The van der Waals surface area contributed by atoms with Gasteiger partial charge < -0.3 is 5.32 Å². The van der Waals surface area contributed by atoms with Crippen LogP contribution in [0.15, 0.2) is 18.3 Å². The van der Waals surface area contributed by atoms with Crippen molar-refractivity contribution in [1.29, 1.82) is 0 Å². The van der Waals surface area contributed by atoms with E-state index in [1.54, 1.807) is 6.20 Å². The number of amides is 1. The Hall–Kier alpha value is -1.09. The van der Waals surface area contributed by atoms with Crippen molar-refractivity contribution >= 4 is 17.5 Å². The summed E-state index contributed by atoms with van der Waals surface area (Å²) in [6.45, 7) is 9.22. The second-order valence-corrected chi connectivity index (χ2v) is 6.82. The Labute approximate surface area is 119 Å². The van der Waals surface area contributed by atoms with Crippen LogP contribution in [-0.4, -0.2) is 17.4 Å². The molecule has 0 bridgehead atoms. The molecule has 1 fully saturated rings. The van der Waals surface area contributed by atoms with Gasteiger partial charge in [0.15, 0.2) is 0 Å². The van der Waals surface area contributed by atoms with Crippen LogP contribution in [0.4, 0.5) is 0 Å². The summed E-state index contributed by atoms with van der Waals surface area (Å²) in [5.74, 6) is 0.266. The SMILES string of the molecule is CC1(C)C(C(=O)NCCc2ccc(Cl)cn2)C1(C)C. The maximum atomic E-state index is 12.1. The van der Waals surface area contributed by atoms with Gasteiger partial charge in [0, 0.05) is 30.8 Å². The number of nitrogens with zero attached hydrogens (tertiary/aromatic N) is 1. The molecule has 0 radical (unpaired) electrons. The van der Waals surface area contributed by atoms with E-state index in [1.807, 2.05) is 12.1 Å². The van der Waals surface area contributed by atoms with Gasteiger partial charge in [-0.3, -0.25) is 9.78 Å². The summed E-state index contributed by atoms with van der Waals surface area (Å²) in [5.41, 5.74) is 1.13. The molecule has 1 aromatic heterocycles. The Bertz CT molecular complexity index is 465. The van der Waals surface area contributed by atoms with Crippen molar-refractivity contribution in [2.24, 2.45) is 16.7 Å². The van der Waals surface area contributed by atoms with Crippen molar-refractivity contribution in [2.75, 3.05) is 6.54 Å². The van der Waals surface area contributed by atoms with Crippen LogP contribution in [-0.2, 0) is 11.2 Å². The Morgan fingerprint density at radius 3 is 2.42 bits per heavy atom. The van der Waals surface area contributed by atoms with E-state index in [0.717, 1.165) is 12.1 Å². The molecule has 0 aliphatic heterocycles. The van der Waals surface area contributed by atoms with E-state index in [1.165, 1.54) is 0 Å². The predicted molar refractivity (Wildman–Crippen MR) is 77.0 cm³/mol. The van der Waals surface area contributed by atoms with Gasteiger partial charge in [0.05, 0.1) is 5.02 Å². The lowest BCUT2D eigenvalue weighted by Crippen LogP contribution is -2.29. The summed E-state index contributed by atoms with van der Waals surface area (Å²) in [6.07, 6.45) is 2.36. The molecule has 1 saturated carbocycles. The van der Waals surface area contributed by atoms with Gasteiger partial charge in [0.2, 0.25) is 5.91 Å². The van der Waals surface area contributed by atoms with Crippen LogP contribution >= 0.6 is 11.6 Å². The minimum absolute atomic E-state index is 0.0929. The van der Waals surface area contributed by atoms with Crippen molar-refractivity contribution in [2.45, 2.75) is 34.1 Å². The molecule has 1 heterocycles. The molecule has 4 heteroatoms. The highest BCUT2D eigenvalue weighted by Gasteiger charge is 2.68. The van der Waals surface area contributed by atoms with E-state index >= 15 is 0 Å². The van der Waals surface area contributed by atoms with Crippen LogP contribution in [0.3, 0.4) is 0 Å². The second-order valence-electron chi connectivity index (χ2n) is 6.39. The number of nitrogens with one attached hydrogen (secondary N) is 1. The van der Waals surface area contributed by atoms with Crippen LogP contribution in [0.5, 0.6) is 0 Å². The van der Waals surface area contributed by atoms with Gasteiger partial charge in [-0.2, -0.15) is 0 Å². The van der Waals surface area contributed by atoms with Gasteiger partial charge in [-0.25, -0.2) is 0 Å². The Balaban J connectivity index is 1.81. The van der Waals surface area contributed by atoms with Crippen molar-refractivity contribution in [3.05, 3.63) is 29.0 Å². The van der Waals surface area contributed by atoms with Crippen molar-refractivity contribution in [3.63, 3.8) is 0 Å². The lowest BCUT2D eigenvalue weighted by molar-refractivity contribution is -0.123. The molecule has 1 amide bonds. The van der Waals surface area contributed by atoms with E-state index < -0.39 is 0 Å². The summed E-state index contributed by atoms with van der Waals surface area (Å²) in [5, 5.41) is 3.64. The van der Waals surface area contributed by atoms with E-state index in [0.29, 0.717) is 11.6 Å². The molecule has 2 rings (SSSR count). The Morgan fingerprint density at radius 2 is 1.95 bits per heavy atom. The smallest absolute Gasteiger partial charge is 0.224 e. The van der Waals surface area contributed by atoms with Crippen molar-refractivity contribution in [1.82, 2.24) is 10.3 Å². The molecule has 0 spiro atoms. The largest absolute Gasteiger partial charge is 0.355 e. The number of pyridine rings is 1. The Kier molecular flexibility index (Phi) is 3.61. The second kappa shape index (κ2) is 4.78. The molecule has 0 unspecified atom stereocenters. The van der Waals surface area contributed by atoms with Crippen LogP contribution in [0.2, 0.25) is 5.02 Å². The zero-order valence-corrected chi connectivity index (χ0v) is 12.7. The molecular formula is C15H21ClN2O. The van der Waals surface area contributed by atoms with Crippen molar-refractivity contribution in [3.8, 4) is 0 Å². The number of aromatic nitrogens is 1. The highest BCUT2D eigenvalue weighted by Crippen LogP contribution is 2.68. The zero-order valence-electron chi connectivity index (χ0n) is 12.0. The highest BCUT2D eigenvalue weighted by molar-refractivity contribution is 6.30. The molecule has 3 nitrogen and oxygen atoms in total. The van der Waals surface area contributed by atoms with Gasteiger partial charge >= 0.3 is 0 Å². The molecule has 0 saturated heterocycles. The summed E-state index contributed by atoms with van der Waals surface area (Å²) in [6, 6.07) is 3.71. The molecule has 104 valence electrons. The zero-order chi connectivity index (χ0) is 14.3. The quantitative estimate of drug-likeness (QED) is 0.921. The average Bonchev–Trinajstić information content (AvgIpc) is 2.72. The third-order valence-electron chi connectivity index (χ3n) is 4.75. The van der Waals surface area contributed by atoms with E-state index in [4.69, 9.17) is 11.6 Å². The maximum absolute atomic E-state index is 12.1. The molecular weight excluding hydrogens is 260 g/mol. The lowest BCUT2D eigenvalue weighted by atomic mass is 10.0. The number of rotatable bonds is 4. The molecule has 0 aromatic carbocycles. The first-order valence-corrected chi connectivity index (χ1v) is 7.03. The summed E-state index contributed by atoms with van der Waals surface area (Å²) >= 11 is 5.78. The number of halogens is 1. The molecule has 0 atom stereocenters. The molecule has 1 aromatic rings. The van der Waals surface area contributed by atoms with Crippen LogP contribution in [0, 0.1) is 16.7 Å². The maximum Gasteiger partial charge on any atom is 0.224 e. The van der Waals surface area contributed by atoms with E-state index in [9.17, 15) is 4.79 Å². The third kappa shape index (κ3) is 2.62. The van der Waals surface area contributed by atoms with E-state index in [-0.39, 0.29) is 22.7 Å². The number of carbonyl (C=O) groups is 1. The summed E-state index contributed by atoms with van der Waals surface area (Å²) in [4.78, 5) is 16.3. The number of hydrogen-bond acceptors (Lipinski definition) is 2. The summed E-state index contributed by atoms with van der Waals surface area (Å²) < 4.78 is 0. The first kappa shape index (κ1) is 14.3. The lowest BCUT2D eigenvalue weighted by Gasteiger charge is -2.06. The van der Waals surface area contributed by atoms with Gasteiger partial charge in [-0.1, -0.05) is 39.3 Å². The normalized spacial score (nSPS) is 20.1. The van der Waals surface area contributed by atoms with Crippen LogP contribution in [0.1, 0.15) is 33.4 Å². The van der Waals surface area contributed by atoms with Crippen LogP contribution in [0.25, 0.3) is 0 Å². The average molecular weight is 281 g/mol. The number of carbonyl (C=O) groups excluding carboxylic acids is 1. The minimum Gasteiger partial charge on any atom is -0.355 e.